The summed E-state index contributed by atoms with van der Waals surface area (Å²) in [4.78, 5) is 34.0. The number of carbonyl (C=O) groups excluding carboxylic acids is 3. The van der Waals surface area contributed by atoms with Gasteiger partial charge in [-0.15, -0.1) is 0 Å². The number of ether oxygens (including phenoxy) is 3. The van der Waals surface area contributed by atoms with E-state index in [1.165, 1.54) is 6.92 Å². The van der Waals surface area contributed by atoms with Gasteiger partial charge >= 0.3 is 6.03 Å². The van der Waals surface area contributed by atoms with Crippen LogP contribution >= 0.6 is 11.8 Å². The van der Waals surface area contributed by atoms with Gasteiger partial charge < -0.3 is 35.5 Å². The highest BCUT2D eigenvalue weighted by molar-refractivity contribution is 8.00. The van der Waals surface area contributed by atoms with Crippen LogP contribution in [0.25, 0.3) is 0 Å². The largest absolute Gasteiger partial charge is 0.379 e. The summed E-state index contributed by atoms with van der Waals surface area (Å²) in [6.45, 7) is 6.02. The number of hydrogen-bond donors (Lipinski definition) is 4. The number of thioether (sulfide) groups is 1. The Hall–Kier alpha value is -1.56. The molecule has 0 aliphatic carbocycles. The van der Waals surface area contributed by atoms with Crippen molar-refractivity contribution < 1.29 is 28.6 Å². The first-order chi connectivity index (χ1) is 16.1. The highest BCUT2D eigenvalue weighted by atomic mass is 32.2. The SMILES string of the molecule is CC(=O)NCCCOCCOCCOCCCNC(=O)CCCC[C@@H]1SC[C@H]2NC(=O)N[C@@H]12. The zero-order valence-electron chi connectivity index (χ0n) is 19.7. The van der Waals surface area contributed by atoms with E-state index in [1.54, 1.807) is 0 Å². The molecule has 33 heavy (non-hydrogen) atoms. The van der Waals surface area contributed by atoms with E-state index in [4.69, 9.17) is 14.2 Å². The van der Waals surface area contributed by atoms with Gasteiger partial charge in [0.15, 0.2) is 0 Å². The molecule has 0 saturated carbocycles. The third-order valence-corrected chi connectivity index (χ3v) is 6.96. The molecule has 0 aromatic heterocycles. The van der Waals surface area contributed by atoms with Crippen molar-refractivity contribution in [2.45, 2.75) is 62.8 Å². The van der Waals surface area contributed by atoms with Gasteiger partial charge in [-0.2, -0.15) is 11.8 Å². The maximum Gasteiger partial charge on any atom is 0.315 e. The Morgan fingerprint density at radius 3 is 2.21 bits per heavy atom. The summed E-state index contributed by atoms with van der Waals surface area (Å²) >= 11 is 1.91. The number of unbranched alkanes of at least 4 members (excludes halogenated alkanes) is 1. The van der Waals surface area contributed by atoms with Crippen LogP contribution in [0, 0.1) is 0 Å². The normalized spacial score (nSPS) is 21.4. The second kappa shape index (κ2) is 17.0. The minimum Gasteiger partial charge on any atom is -0.379 e. The fourth-order valence-corrected chi connectivity index (χ4v) is 5.29. The number of urea groups is 1. The molecule has 0 unspecified atom stereocenters. The summed E-state index contributed by atoms with van der Waals surface area (Å²) in [7, 11) is 0. The maximum atomic E-state index is 11.9. The minimum absolute atomic E-state index is 0.0241. The highest BCUT2D eigenvalue weighted by Crippen LogP contribution is 2.33. The van der Waals surface area contributed by atoms with Crippen molar-refractivity contribution >= 4 is 29.6 Å². The van der Waals surface area contributed by atoms with Gasteiger partial charge in [0.05, 0.1) is 38.5 Å². The van der Waals surface area contributed by atoms with Crippen molar-refractivity contribution in [2.24, 2.45) is 0 Å². The average Bonchev–Trinajstić information content (AvgIpc) is 3.33. The molecule has 190 valence electrons. The molecule has 2 aliphatic heterocycles. The Balaban J connectivity index is 1.28. The molecule has 4 N–H and O–H groups in total. The first-order valence-corrected chi connectivity index (χ1v) is 13.0. The van der Waals surface area contributed by atoms with Gasteiger partial charge in [-0.05, 0) is 25.7 Å². The van der Waals surface area contributed by atoms with Gasteiger partial charge in [-0.25, -0.2) is 4.79 Å². The van der Waals surface area contributed by atoms with Crippen LogP contribution < -0.4 is 21.3 Å². The molecule has 3 atom stereocenters. The van der Waals surface area contributed by atoms with E-state index >= 15 is 0 Å². The average molecular weight is 489 g/mol. The number of amides is 4. The predicted molar refractivity (Wildman–Crippen MR) is 127 cm³/mol. The van der Waals surface area contributed by atoms with Gasteiger partial charge in [-0.1, -0.05) is 6.42 Å². The fraction of sp³-hybridized carbons (Fsp3) is 0.864. The van der Waals surface area contributed by atoms with E-state index in [2.05, 4.69) is 21.3 Å². The number of fused-ring (bicyclic) bond motifs is 1. The van der Waals surface area contributed by atoms with E-state index in [9.17, 15) is 14.4 Å². The number of nitrogens with one attached hydrogen (secondary N) is 4. The van der Waals surface area contributed by atoms with Crippen molar-refractivity contribution in [2.75, 3.05) is 58.5 Å². The number of hydrogen-bond acceptors (Lipinski definition) is 7. The smallest absolute Gasteiger partial charge is 0.315 e. The van der Waals surface area contributed by atoms with Crippen LogP contribution in [0.4, 0.5) is 4.79 Å². The zero-order valence-corrected chi connectivity index (χ0v) is 20.5. The lowest BCUT2D eigenvalue weighted by atomic mass is 10.0. The molecule has 0 aromatic rings. The topological polar surface area (TPSA) is 127 Å². The van der Waals surface area contributed by atoms with Crippen LogP contribution in [0.15, 0.2) is 0 Å². The molecule has 0 spiro atoms. The molecule has 2 fully saturated rings. The molecule has 2 aliphatic rings. The third-order valence-electron chi connectivity index (χ3n) is 5.45. The zero-order chi connectivity index (χ0) is 23.7. The number of rotatable bonds is 19. The van der Waals surface area contributed by atoms with Gasteiger partial charge in [-0.3, -0.25) is 9.59 Å². The second-order valence-corrected chi connectivity index (χ2v) is 9.52. The van der Waals surface area contributed by atoms with Crippen molar-refractivity contribution in [3.63, 3.8) is 0 Å². The quantitative estimate of drug-likeness (QED) is 0.156. The van der Waals surface area contributed by atoms with Crippen molar-refractivity contribution in [3.05, 3.63) is 0 Å². The summed E-state index contributed by atoms with van der Waals surface area (Å²) in [6, 6.07) is 0.447. The molecule has 4 amide bonds. The van der Waals surface area contributed by atoms with E-state index in [-0.39, 0.29) is 29.9 Å². The van der Waals surface area contributed by atoms with E-state index < -0.39 is 0 Å². The Morgan fingerprint density at radius 1 is 0.909 bits per heavy atom. The van der Waals surface area contributed by atoms with Crippen LogP contribution in [0.5, 0.6) is 0 Å². The Bertz CT molecular complexity index is 597. The summed E-state index contributed by atoms with van der Waals surface area (Å²) in [5.41, 5.74) is 0. The fourth-order valence-electron chi connectivity index (χ4n) is 3.75. The molecule has 2 heterocycles. The molecule has 0 bridgehead atoms. The minimum atomic E-state index is -0.0522. The highest BCUT2D eigenvalue weighted by Gasteiger charge is 2.42. The van der Waals surface area contributed by atoms with Gasteiger partial charge in [0.25, 0.3) is 0 Å². The Labute approximate surface area is 201 Å². The van der Waals surface area contributed by atoms with Crippen LogP contribution in [-0.2, 0) is 23.8 Å². The van der Waals surface area contributed by atoms with Gasteiger partial charge in [0, 0.05) is 50.7 Å². The maximum absolute atomic E-state index is 11.9. The van der Waals surface area contributed by atoms with Crippen LogP contribution in [0.3, 0.4) is 0 Å². The first-order valence-electron chi connectivity index (χ1n) is 12.0. The van der Waals surface area contributed by atoms with Crippen molar-refractivity contribution in [1.82, 2.24) is 21.3 Å². The molecule has 0 aromatic carbocycles. The van der Waals surface area contributed by atoms with Crippen LogP contribution in [-0.4, -0.2) is 93.7 Å². The van der Waals surface area contributed by atoms with E-state index in [1.807, 2.05) is 11.8 Å². The molecular formula is C22H40N4O6S. The molecule has 2 rings (SSSR count). The van der Waals surface area contributed by atoms with Gasteiger partial charge in [0.2, 0.25) is 11.8 Å². The summed E-state index contributed by atoms with van der Waals surface area (Å²) < 4.78 is 16.3. The van der Waals surface area contributed by atoms with Crippen molar-refractivity contribution in [3.8, 4) is 0 Å². The number of carbonyl (C=O) groups is 3. The Morgan fingerprint density at radius 2 is 1.55 bits per heavy atom. The first kappa shape index (κ1) is 27.7. The van der Waals surface area contributed by atoms with Crippen molar-refractivity contribution in [1.29, 1.82) is 0 Å². The standard InChI is InChI=1S/C22H40N4O6S/c1-17(27)23-8-4-10-30-12-14-32-15-13-31-11-5-9-24-20(28)7-3-2-6-19-21-18(16-33-19)25-22(29)26-21/h18-19,21H,2-16H2,1H3,(H,23,27)(H,24,28)(H2,25,26,29)/t18-,19+,21-/m1/s1. The lowest BCUT2D eigenvalue weighted by molar-refractivity contribution is -0.121. The molecule has 11 heteroatoms. The summed E-state index contributed by atoms with van der Waals surface area (Å²) in [6.07, 6.45) is 5.00. The molecular weight excluding hydrogens is 448 g/mol. The second-order valence-electron chi connectivity index (χ2n) is 8.24. The Kier molecular flexibility index (Phi) is 14.2. The molecule has 2 saturated heterocycles. The van der Waals surface area contributed by atoms with E-state index in [0.717, 1.165) is 37.9 Å². The summed E-state index contributed by atoms with van der Waals surface area (Å²) in [5, 5.41) is 12.1. The van der Waals surface area contributed by atoms with Crippen LogP contribution in [0.1, 0.15) is 45.4 Å². The monoisotopic (exact) mass is 488 g/mol. The van der Waals surface area contributed by atoms with Gasteiger partial charge in [0.1, 0.15) is 0 Å². The summed E-state index contributed by atoms with van der Waals surface area (Å²) in [5.74, 6) is 1.03. The van der Waals surface area contributed by atoms with Crippen LogP contribution in [0.2, 0.25) is 0 Å². The third kappa shape index (κ3) is 12.5. The molecule has 10 nitrogen and oxygen atoms in total. The lowest BCUT2D eigenvalue weighted by Crippen LogP contribution is -2.36. The molecule has 0 radical (unpaired) electrons. The predicted octanol–water partition coefficient (Wildman–Crippen LogP) is 0.795. The lowest BCUT2D eigenvalue weighted by Gasteiger charge is -2.16. The van der Waals surface area contributed by atoms with E-state index in [0.29, 0.717) is 64.4 Å².